The van der Waals surface area contributed by atoms with Gasteiger partial charge in [0, 0.05) is 5.56 Å². The van der Waals surface area contributed by atoms with E-state index >= 15 is 0 Å². The summed E-state index contributed by atoms with van der Waals surface area (Å²) in [4.78, 5) is 16.7. The number of carbonyl (C=O) groups is 1. The maximum atomic E-state index is 11.8. The number of hydrogen-bond donors (Lipinski definition) is 1. The van der Waals surface area contributed by atoms with Gasteiger partial charge in [-0.3, -0.25) is 4.79 Å². The van der Waals surface area contributed by atoms with Crippen LogP contribution in [0.4, 0.5) is 0 Å². The lowest BCUT2D eigenvalue weighted by Crippen LogP contribution is -2.22. The molecule has 0 aliphatic rings. The summed E-state index contributed by atoms with van der Waals surface area (Å²) in [5.41, 5.74) is 0.795. The van der Waals surface area contributed by atoms with E-state index in [1.165, 1.54) is 11.3 Å². The van der Waals surface area contributed by atoms with Gasteiger partial charge in [0.1, 0.15) is 5.75 Å². The lowest BCUT2D eigenvalue weighted by Gasteiger charge is -1.99. The minimum atomic E-state index is -0.147. The lowest BCUT2D eigenvalue weighted by molar-refractivity contribution is 0.0953. The predicted octanol–water partition coefficient (Wildman–Crippen LogP) is 2.74. The maximum absolute atomic E-state index is 11.8. The standard InChI is InChI=1S/C15H13N3O3S/c1-20-11-6-4-10(5-7-11)15-17-13(18-21-15)9-16-14(19)12-3-2-8-22-12/h2-8H,9H2,1H3,(H,16,19). The fraction of sp³-hybridized carbons (Fsp3) is 0.133. The van der Waals surface area contributed by atoms with E-state index in [9.17, 15) is 4.79 Å². The Kier molecular flexibility index (Phi) is 4.15. The fourth-order valence-corrected chi connectivity index (χ4v) is 2.47. The molecule has 0 unspecified atom stereocenters. The monoisotopic (exact) mass is 315 g/mol. The number of hydrogen-bond acceptors (Lipinski definition) is 6. The molecule has 2 aromatic heterocycles. The Balaban J connectivity index is 1.64. The molecule has 3 rings (SSSR count). The zero-order valence-electron chi connectivity index (χ0n) is 11.8. The maximum Gasteiger partial charge on any atom is 0.261 e. The van der Waals surface area contributed by atoms with Crippen molar-refractivity contribution >= 4 is 17.2 Å². The van der Waals surface area contributed by atoms with Crippen LogP contribution in [0.5, 0.6) is 5.75 Å². The third kappa shape index (κ3) is 3.15. The molecule has 0 aliphatic heterocycles. The quantitative estimate of drug-likeness (QED) is 0.783. The highest BCUT2D eigenvalue weighted by molar-refractivity contribution is 7.12. The minimum Gasteiger partial charge on any atom is -0.497 e. The highest BCUT2D eigenvalue weighted by Gasteiger charge is 2.11. The van der Waals surface area contributed by atoms with E-state index in [0.717, 1.165) is 11.3 Å². The molecule has 2 heterocycles. The normalized spacial score (nSPS) is 10.4. The average Bonchev–Trinajstić information content (AvgIpc) is 3.24. The average molecular weight is 315 g/mol. The van der Waals surface area contributed by atoms with Gasteiger partial charge in [-0.1, -0.05) is 11.2 Å². The Labute approximate surface area is 130 Å². The number of amides is 1. The predicted molar refractivity (Wildman–Crippen MR) is 81.8 cm³/mol. The molecule has 0 saturated carbocycles. The fourth-order valence-electron chi connectivity index (χ4n) is 1.83. The van der Waals surface area contributed by atoms with Gasteiger partial charge in [-0.2, -0.15) is 4.98 Å². The number of benzene rings is 1. The Morgan fingerprint density at radius 3 is 2.82 bits per heavy atom. The Morgan fingerprint density at radius 1 is 1.32 bits per heavy atom. The molecular weight excluding hydrogens is 302 g/mol. The molecule has 0 atom stereocenters. The van der Waals surface area contributed by atoms with Crippen molar-refractivity contribution < 1.29 is 14.1 Å². The summed E-state index contributed by atoms with van der Waals surface area (Å²) in [6.45, 7) is 0.219. The van der Waals surface area contributed by atoms with Gasteiger partial charge in [0.05, 0.1) is 18.5 Å². The van der Waals surface area contributed by atoms with Gasteiger partial charge >= 0.3 is 0 Å². The van der Waals surface area contributed by atoms with Crippen molar-refractivity contribution in [2.24, 2.45) is 0 Å². The van der Waals surface area contributed by atoms with E-state index in [1.54, 1.807) is 13.2 Å². The number of rotatable bonds is 5. The van der Waals surface area contributed by atoms with Crippen LogP contribution in [0.2, 0.25) is 0 Å². The smallest absolute Gasteiger partial charge is 0.261 e. The van der Waals surface area contributed by atoms with Gasteiger partial charge in [-0.05, 0) is 35.7 Å². The van der Waals surface area contributed by atoms with E-state index in [2.05, 4.69) is 15.5 Å². The zero-order chi connectivity index (χ0) is 15.4. The summed E-state index contributed by atoms with van der Waals surface area (Å²) in [6, 6.07) is 10.9. The molecule has 112 valence electrons. The largest absolute Gasteiger partial charge is 0.497 e. The van der Waals surface area contributed by atoms with Gasteiger partial charge < -0.3 is 14.6 Å². The first-order valence-electron chi connectivity index (χ1n) is 6.55. The Morgan fingerprint density at radius 2 is 2.14 bits per heavy atom. The third-order valence-electron chi connectivity index (χ3n) is 2.96. The number of thiophene rings is 1. The van der Waals surface area contributed by atoms with E-state index < -0.39 is 0 Å². The second kappa shape index (κ2) is 6.40. The van der Waals surface area contributed by atoms with E-state index in [1.807, 2.05) is 35.7 Å². The number of ether oxygens (including phenoxy) is 1. The van der Waals surface area contributed by atoms with Crippen molar-refractivity contribution in [1.82, 2.24) is 15.5 Å². The van der Waals surface area contributed by atoms with Crippen molar-refractivity contribution in [3.05, 3.63) is 52.5 Å². The second-order valence-electron chi connectivity index (χ2n) is 4.40. The van der Waals surface area contributed by atoms with Crippen molar-refractivity contribution in [3.8, 4) is 17.2 Å². The molecule has 3 aromatic rings. The van der Waals surface area contributed by atoms with Crippen LogP contribution in [0.25, 0.3) is 11.5 Å². The molecule has 22 heavy (non-hydrogen) atoms. The molecule has 1 N–H and O–H groups in total. The number of nitrogens with zero attached hydrogens (tertiary/aromatic N) is 2. The molecule has 0 radical (unpaired) electrons. The Hall–Kier alpha value is -2.67. The first-order valence-corrected chi connectivity index (χ1v) is 7.43. The molecule has 6 nitrogen and oxygen atoms in total. The summed E-state index contributed by atoms with van der Waals surface area (Å²) in [5.74, 6) is 1.44. The van der Waals surface area contributed by atoms with E-state index in [0.29, 0.717) is 16.6 Å². The molecule has 1 aromatic carbocycles. The third-order valence-corrected chi connectivity index (χ3v) is 3.83. The van der Waals surface area contributed by atoms with Gasteiger partial charge in [0.15, 0.2) is 5.82 Å². The van der Waals surface area contributed by atoms with Crippen LogP contribution >= 0.6 is 11.3 Å². The van der Waals surface area contributed by atoms with Crippen molar-refractivity contribution in [3.63, 3.8) is 0 Å². The molecule has 7 heteroatoms. The van der Waals surface area contributed by atoms with Crippen LogP contribution in [-0.4, -0.2) is 23.2 Å². The Bertz CT molecular complexity index is 751. The van der Waals surface area contributed by atoms with Crippen LogP contribution in [0.1, 0.15) is 15.5 Å². The number of nitrogens with one attached hydrogen (secondary N) is 1. The zero-order valence-corrected chi connectivity index (χ0v) is 12.6. The molecule has 0 saturated heterocycles. The summed E-state index contributed by atoms with van der Waals surface area (Å²) in [6.07, 6.45) is 0. The van der Waals surface area contributed by atoms with Crippen LogP contribution in [-0.2, 0) is 6.54 Å². The van der Waals surface area contributed by atoms with Gasteiger partial charge in [0.2, 0.25) is 0 Å². The highest BCUT2D eigenvalue weighted by atomic mass is 32.1. The number of methoxy groups -OCH3 is 1. The summed E-state index contributed by atoms with van der Waals surface area (Å²) < 4.78 is 10.3. The van der Waals surface area contributed by atoms with Gasteiger partial charge in [-0.25, -0.2) is 0 Å². The van der Waals surface area contributed by atoms with Crippen LogP contribution in [0, 0.1) is 0 Å². The molecule has 1 amide bonds. The van der Waals surface area contributed by atoms with E-state index in [-0.39, 0.29) is 12.5 Å². The lowest BCUT2D eigenvalue weighted by atomic mass is 10.2. The summed E-state index contributed by atoms with van der Waals surface area (Å²) in [7, 11) is 1.61. The van der Waals surface area contributed by atoms with E-state index in [4.69, 9.17) is 9.26 Å². The van der Waals surface area contributed by atoms with Crippen molar-refractivity contribution in [2.45, 2.75) is 6.54 Å². The van der Waals surface area contributed by atoms with Gasteiger partial charge in [-0.15, -0.1) is 11.3 Å². The van der Waals surface area contributed by atoms with Crippen LogP contribution < -0.4 is 10.1 Å². The van der Waals surface area contributed by atoms with Crippen LogP contribution in [0.3, 0.4) is 0 Å². The van der Waals surface area contributed by atoms with Gasteiger partial charge in [0.25, 0.3) is 11.8 Å². The first-order chi connectivity index (χ1) is 10.8. The molecule has 0 fully saturated rings. The summed E-state index contributed by atoms with van der Waals surface area (Å²) in [5, 5.41) is 8.46. The second-order valence-corrected chi connectivity index (χ2v) is 5.35. The topological polar surface area (TPSA) is 77.2 Å². The van der Waals surface area contributed by atoms with Crippen molar-refractivity contribution in [2.75, 3.05) is 7.11 Å². The highest BCUT2D eigenvalue weighted by Crippen LogP contribution is 2.20. The number of carbonyl (C=O) groups excluding carboxylic acids is 1. The summed E-state index contributed by atoms with van der Waals surface area (Å²) >= 11 is 1.38. The molecule has 0 aliphatic carbocycles. The van der Waals surface area contributed by atoms with Crippen LogP contribution in [0.15, 0.2) is 46.3 Å². The molecular formula is C15H13N3O3S. The molecule has 0 bridgehead atoms. The first kappa shape index (κ1) is 14.3. The SMILES string of the molecule is COc1ccc(-c2nc(CNC(=O)c3cccs3)no2)cc1. The van der Waals surface area contributed by atoms with Crippen molar-refractivity contribution in [1.29, 1.82) is 0 Å². The minimum absolute atomic E-state index is 0.147. The molecule has 0 spiro atoms. The number of aromatic nitrogens is 2.